The molecule has 3 N–H and O–H groups in total. The number of aromatic nitrogens is 2. The quantitative estimate of drug-likeness (QED) is 0.695. The van der Waals surface area contributed by atoms with Gasteiger partial charge in [-0.2, -0.15) is 4.98 Å². The molecule has 3 atom stereocenters. The minimum absolute atomic E-state index is 0.254. The van der Waals surface area contributed by atoms with Crippen molar-refractivity contribution in [2.75, 3.05) is 11.9 Å². The van der Waals surface area contributed by atoms with Crippen LogP contribution in [0.3, 0.4) is 0 Å². The fourth-order valence-corrected chi connectivity index (χ4v) is 2.57. The predicted octanol–water partition coefficient (Wildman–Crippen LogP) is 0.496. The van der Waals surface area contributed by atoms with Crippen LogP contribution in [0.1, 0.15) is 18.2 Å². The Kier molecular flexibility index (Phi) is 4.71. The van der Waals surface area contributed by atoms with E-state index in [4.69, 9.17) is 9.84 Å². The van der Waals surface area contributed by atoms with E-state index in [-0.39, 0.29) is 13.0 Å². The highest BCUT2D eigenvalue weighted by molar-refractivity contribution is 5.33. The van der Waals surface area contributed by atoms with Gasteiger partial charge in [-0.25, -0.2) is 4.79 Å². The molecule has 1 aliphatic rings. The highest BCUT2D eigenvalue weighted by Crippen LogP contribution is 2.27. The smallest absolute Gasteiger partial charge is 0.351 e. The van der Waals surface area contributed by atoms with Gasteiger partial charge >= 0.3 is 5.69 Å². The lowest BCUT2D eigenvalue weighted by atomic mass is 10.2. The van der Waals surface area contributed by atoms with Crippen molar-refractivity contribution in [1.82, 2.24) is 9.55 Å². The molecule has 1 aliphatic heterocycles. The topological polar surface area (TPSA) is 96.6 Å². The van der Waals surface area contributed by atoms with Gasteiger partial charge in [0.15, 0.2) is 0 Å². The minimum Gasteiger partial charge on any atom is -0.394 e. The summed E-state index contributed by atoms with van der Waals surface area (Å²) in [7, 11) is 0. The Balaban J connectivity index is 1.68. The van der Waals surface area contributed by atoms with E-state index in [0.29, 0.717) is 12.4 Å². The maximum Gasteiger partial charge on any atom is 0.351 e. The van der Waals surface area contributed by atoms with Gasteiger partial charge in [0.05, 0.1) is 12.7 Å². The molecule has 122 valence electrons. The molecular weight excluding hydrogens is 299 g/mol. The van der Waals surface area contributed by atoms with Crippen molar-refractivity contribution in [1.29, 1.82) is 0 Å². The summed E-state index contributed by atoms with van der Waals surface area (Å²) in [6, 6.07) is 11.5. The standard InChI is InChI=1S/C16H19N3O4/c20-10-13-12(21)8-15(23-13)19-7-6-14(18-16(19)22)17-9-11-4-2-1-3-5-11/h1-7,12-13,15,20-21H,8-10H2,(H,17,18,22)/t12-,13+,15+/m0/s1/i17+1. The van der Waals surface area contributed by atoms with Crippen molar-refractivity contribution >= 4 is 5.82 Å². The molecule has 0 spiro atoms. The number of aliphatic hydroxyl groups excluding tert-OH is 2. The van der Waals surface area contributed by atoms with E-state index in [0.717, 1.165) is 5.56 Å². The van der Waals surface area contributed by atoms with Crippen LogP contribution in [0.4, 0.5) is 5.82 Å². The lowest BCUT2D eigenvalue weighted by Crippen LogP contribution is -2.28. The van der Waals surface area contributed by atoms with Gasteiger partial charge in [-0.1, -0.05) is 30.3 Å². The Morgan fingerprint density at radius 2 is 2.09 bits per heavy atom. The third kappa shape index (κ3) is 3.58. The third-order valence-corrected chi connectivity index (χ3v) is 3.84. The first-order valence-corrected chi connectivity index (χ1v) is 7.49. The zero-order valence-corrected chi connectivity index (χ0v) is 12.5. The van der Waals surface area contributed by atoms with Crippen molar-refractivity contribution in [3.63, 3.8) is 0 Å². The van der Waals surface area contributed by atoms with Crippen LogP contribution < -0.4 is 11.0 Å². The van der Waals surface area contributed by atoms with Crippen LogP contribution >= 0.6 is 0 Å². The van der Waals surface area contributed by atoms with E-state index in [9.17, 15) is 9.90 Å². The molecule has 0 radical (unpaired) electrons. The summed E-state index contributed by atoms with van der Waals surface area (Å²) < 4.78 is 6.79. The number of aliphatic hydroxyl groups is 2. The summed E-state index contributed by atoms with van der Waals surface area (Å²) in [6.45, 7) is 0.291. The predicted molar refractivity (Wildman–Crippen MR) is 83.9 cm³/mol. The molecule has 0 amide bonds. The molecule has 0 bridgehead atoms. The first-order chi connectivity index (χ1) is 11.2. The highest BCUT2D eigenvalue weighted by atomic mass is 16.5. The second-order valence-corrected chi connectivity index (χ2v) is 5.46. The molecule has 0 saturated carbocycles. The van der Waals surface area contributed by atoms with Gasteiger partial charge in [0.2, 0.25) is 0 Å². The van der Waals surface area contributed by atoms with Gasteiger partial charge in [-0.05, 0) is 11.6 Å². The second-order valence-electron chi connectivity index (χ2n) is 5.46. The fraction of sp³-hybridized carbons (Fsp3) is 0.375. The molecule has 2 heterocycles. The average Bonchev–Trinajstić information content (AvgIpc) is 2.94. The Bertz CT molecular complexity index is 704. The molecule has 1 aromatic carbocycles. The van der Waals surface area contributed by atoms with E-state index in [1.165, 1.54) is 4.57 Å². The van der Waals surface area contributed by atoms with Crippen molar-refractivity contribution in [3.8, 4) is 0 Å². The van der Waals surface area contributed by atoms with Crippen LogP contribution in [0.5, 0.6) is 0 Å². The van der Waals surface area contributed by atoms with Gasteiger partial charge in [-0.3, -0.25) is 4.57 Å². The SMILES string of the molecule is O=c1nc([15NH]Cc2ccccc2)ccn1[C@H]1C[C@H](O)[C@@H](CO)O1. The van der Waals surface area contributed by atoms with Crippen molar-refractivity contribution in [3.05, 3.63) is 58.6 Å². The summed E-state index contributed by atoms with van der Waals surface area (Å²) in [5.41, 5.74) is 0.630. The molecule has 0 unspecified atom stereocenters. The molecule has 1 fully saturated rings. The lowest BCUT2D eigenvalue weighted by Gasteiger charge is -2.14. The number of benzene rings is 1. The van der Waals surface area contributed by atoms with Crippen LogP contribution in [0.2, 0.25) is 0 Å². The van der Waals surface area contributed by atoms with Crippen LogP contribution in [0, 0.1) is 0 Å². The molecule has 2 aromatic rings. The maximum absolute atomic E-state index is 12.1. The van der Waals surface area contributed by atoms with Crippen LogP contribution in [0.25, 0.3) is 0 Å². The molecule has 0 aliphatic carbocycles. The Morgan fingerprint density at radius 3 is 2.74 bits per heavy atom. The first-order valence-electron chi connectivity index (χ1n) is 7.49. The number of hydrogen-bond donors (Lipinski definition) is 3. The molecule has 7 heteroatoms. The summed E-state index contributed by atoms with van der Waals surface area (Å²) in [5.74, 6) is 0.479. The Labute approximate surface area is 133 Å². The lowest BCUT2D eigenvalue weighted by molar-refractivity contribution is -0.0458. The zero-order valence-electron chi connectivity index (χ0n) is 12.5. The molecule has 1 saturated heterocycles. The minimum atomic E-state index is -0.784. The second kappa shape index (κ2) is 6.91. The number of hydrogen-bond acceptors (Lipinski definition) is 6. The van der Waals surface area contributed by atoms with E-state index in [1.54, 1.807) is 12.3 Å². The third-order valence-electron chi connectivity index (χ3n) is 3.84. The molecule has 7 nitrogen and oxygen atoms in total. The summed E-state index contributed by atoms with van der Waals surface area (Å²) in [5, 5.41) is 21.9. The van der Waals surface area contributed by atoms with Gasteiger partial charge in [-0.15, -0.1) is 0 Å². The Hall–Kier alpha value is -2.22. The normalized spacial score (nSPS) is 23.8. The first kappa shape index (κ1) is 15.7. The number of nitrogens with zero attached hydrogens (tertiary/aromatic N) is 2. The summed E-state index contributed by atoms with van der Waals surface area (Å²) >= 11 is 0. The zero-order chi connectivity index (χ0) is 16.2. The highest BCUT2D eigenvalue weighted by Gasteiger charge is 2.34. The van der Waals surface area contributed by atoms with Crippen molar-refractivity contribution < 1.29 is 14.9 Å². The van der Waals surface area contributed by atoms with E-state index >= 15 is 0 Å². The van der Waals surface area contributed by atoms with E-state index < -0.39 is 24.1 Å². The molecule has 1 aromatic heterocycles. The Morgan fingerprint density at radius 1 is 1.30 bits per heavy atom. The fourth-order valence-electron chi connectivity index (χ4n) is 2.57. The van der Waals surface area contributed by atoms with Gasteiger partial charge in [0, 0.05) is 19.2 Å². The monoisotopic (exact) mass is 318 g/mol. The van der Waals surface area contributed by atoms with E-state index in [2.05, 4.69) is 10.3 Å². The van der Waals surface area contributed by atoms with Crippen LogP contribution in [0.15, 0.2) is 47.4 Å². The van der Waals surface area contributed by atoms with Crippen LogP contribution in [-0.4, -0.2) is 38.6 Å². The number of anilines is 1. The largest absolute Gasteiger partial charge is 0.394 e. The van der Waals surface area contributed by atoms with Crippen LogP contribution in [-0.2, 0) is 11.3 Å². The molecule has 23 heavy (non-hydrogen) atoms. The summed E-state index contributed by atoms with van der Waals surface area (Å²) in [4.78, 5) is 16.1. The van der Waals surface area contributed by atoms with Gasteiger partial charge < -0.3 is 20.3 Å². The van der Waals surface area contributed by atoms with Gasteiger partial charge in [0.1, 0.15) is 18.1 Å². The van der Waals surface area contributed by atoms with Gasteiger partial charge in [0.25, 0.3) is 0 Å². The van der Waals surface area contributed by atoms with E-state index in [1.807, 2.05) is 30.3 Å². The molecule has 3 rings (SSSR count). The van der Waals surface area contributed by atoms with Crippen molar-refractivity contribution in [2.24, 2.45) is 0 Å². The van der Waals surface area contributed by atoms with Crippen molar-refractivity contribution in [2.45, 2.75) is 31.4 Å². The summed E-state index contributed by atoms with van der Waals surface area (Å²) in [6.07, 6.45) is -0.218. The molecular formula is C16H19N3O4. The number of rotatable bonds is 5. The number of ether oxygens (including phenoxy) is 1. The number of nitrogens with one attached hydrogen (secondary N) is 1. The maximum atomic E-state index is 12.1. The average molecular weight is 318 g/mol.